The molecule has 1 N–H and O–H groups in total. The molecule has 0 spiro atoms. The second-order valence-electron chi connectivity index (χ2n) is 5.30. The number of hydrogen-bond donors (Lipinski definition) is 1. The molecule has 0 atom stereocenters. The van der Waals surface area contributed by atoms with E-state index in [0.29, 0.717) is 6.54 Å². The van der Waals surface area contributed by atoms with E-state index in [1.165, 1.54) is 0 Å². The summed E-state index contributed by atoms with van der Waals surface area (Å²) in [5.41, 5.74) is -0.555. The molecule has 2 fully saturated rings. The minimum atomic E-state index is -0.693. The number of nitriles is 1. The summed E-state index contributed by atoms with van der Waals surface area (Å²) in [5, 5.41) is 11.8. The number of rotatable bonds is 3. The summed E-state index contributed by atoms with van der Waals surface area (Å²) in [6.07, 6.45) is 3.39. The Hall–Kier alpha value is -1.08. The Bertz CT molecular complexity index is 322. The Morgan fingerprint density at radius 2 is 2.00 bits per heavy atom. The Morgan fingerprint density at radius 1 is 1.38 bits per heavy atom. The maximum atomic E-state index is 11.8. The lowest BCUT2D eigenvalue weighted by Gasteiger charge is -2.33. The zero-order valence-electron chi connectivity index (χ0n) is 9.71. The number of carbonyl (C=O) groups excluding carboxylic acids is 1. The molecule has 0 bridgehead atoms. The number of nitrogens with zero attached hydrogens (tertiary/aromatic N) is 1. The van der Waals surface area contributed by atoms with Gasteiger partial charge in [-0.05, 0) is 31.1 Å². The lowest BCUT2D eigenvalue weighted by molar-refractivity contribution is -0.125. The van der Waals surface area contributed by atoms with Crippen molar-refractivity contribution in [2.24, 2.45) is 10.8 Å². The molecule has 0 aromatic rings. The maximum Gasteiger partial charge on any atom is 0.240 e. The number of carbonyl (C=O) groups is 1. The van der Waals surface area contributed by atoms with E-state index >= 15 is 0 Å². The highest BCUT2D eigenvalue weighted by Gasteiger charge is 2.50. The molecule has 4 heteroatoms. The van der Waals surface area contributed by atoms with Crippen LogP contribution in [0.4, 0.5) is 0 Å². The van der Waals surface area contributed by atoms with E-state index in [1.54, 1.807) is 0 Å². The van der Waals surface area contributed by atoms with Crippen LogP contribution in [0.3, 0.4) is 0 Å². The van der Waals surface area contributed by atoms with Gasteiger partial charge in [-0.3, -0.25) is 4.79 Å². The summed E-state index contributed by atoms with van der Waals surface area (Å²) in [6.45, 7) is 4.38. The van der Waals surface area contributed by atoms with Crippen LogP contribution in [0.1, 0.15) is 32.6 Å². The SMILES string of the molecule is CC1(CNC(=O)C2(C#N)CC2)CCOCC1. The van der Waals surface area contributed by atoms with Gasteiger partial charge in [0.25, 0.3) is 0 Å². The first-order valence-corrected chi connectivity index (χ1v) is 5.88. The maximum absolute atomic E-state index is 11.8. The highest BCUT2D eigenvalue weighted by Crippen LogP contribution is 2.45. The fourth-order valence-electron chi connectivity index (χ4n) is 2.02. The minimum Gasteiger partial charge on any atom is -0.381 e. The summed E-state index contributed by atoms with van der Waals surface area (Å²) in [4.78, 5) is 11.8. The van der Waals surface area contributed by atoms with E-state index in [0.717, 1.165) is 38.9 Å². The molecular weight excluding hydrogens is 204 g/mol. The predicted octanol–water partition coefficient (Wildman–Crippen LogP) is 1.22. The molecule has 1 saturated heterocycles. The minimum absolute atomic E-state index is 0.0808. The average molecular weight is 222 g/mol. The van der Waals surface area contributed by atoms with Gasteiger partial charge < -0.3 is 10.1 Å². The molecule has 1 aliphatic heterocycles. The number of amides is 1. The van der Waals surface area contributed by atoms with Gasteiger partial charge >= 0.3 is 0 Å². The van der Waals surface area contributed by atoms with Gasteiger partial charge in [0.05, 0.1) is 6.07 Å². The van der Waals surface area contributed by atoms with Gasteiger partial charge in [-0.1, -0.05) is 6.92 Å². The highest BCUT2D eigenvalue weighted by atomic mass is 16.5. The van der Waals surface area contributed by atoms with Crippen molar-refractivity contribution in [2.75, 3.05) is 19.8 Å². The molecular formula is C12H18N2O2. The second kappa shape index (κ2) is 4.06. The van der Waals surface area contributed by atoms with Crippen molar-refractivity contribution >= 4 is 5.91 Å². The summed E-state index contributed by atoms with van der Waals surface area (Å²) in [5.74, 6) is -0.0808. The number of ether oxygens (including phenoxy) is 1. The summed E-state index contributed by atoms with van der Waals surface area (Å²) in [6, 6.07) is 2.12. The first-order chi connectivity index (χ1) is 7.60. The van der Waals surface area contributed by atoms with Gasteiger partial charge in [-0.25, -0.2) is 0 Å². The smallest absolute Gasteiger partial charge is 0.240 e. The second-order valence-corrected chi connectivity index (χ2v) is 5.30. The van der Waals surface area contributed by atoms with Crippen molar-refractivity contribution in [1.82, 2.24) is 5.32 Å². The van der Waals surface area contributed by atoms with Crippen LogP contribution in [0.5, 0.6) is 0 Å². The Morgan fingerprint density at radius 3 is 2.50 bits per heavy atom. The monoisotopic (exact) mass is 222 g/mol. The molecule has 1 aliphatic carbocycles. The Labute approximate surface area is 96.0 Å². The summed E-state index contributed by atoms with van der Waals surface area (Å²) < 4.78 is 5.31. The van der Waals surface area contributed by atoms with Crippen LogP contribution in [0.25, 0.3) is 0 Å². The van der Waals surface area contributed by atoms with Crippen LogP contribution in [-0.4, -0.2) is 25.7 Å². The largest absolute Gasteiger partial charge is 0.381 e. The normalized spacial score (nSPS) is 25.5. The van der Waals surface area contributed by atoms with E-state index in [2.05, 4.69) is 18.3 Å². The fraction of sp³-hybridized carbons (Fsp3) is 0.833. The van der Waals surface area contributed by atoms with Crippen molar-refractivity contribution < 1.29 is 9.53 Å². The zero-order chi connectivity index (χ0) is 11.6. The molecule has 0 unspecified atom stereocenters. The number of hydrogen-bond acceptors (Lipinski definition) is 3. The molecule has 0 aromatic carbocycles. The third-order valence-corrected chi connectivity index (χ3v) is 3.77. The third-order valence-electron chi connectivity index (χ3n) is 3.77. The molecule has 0 aromatic heterocycles. The lowest BCUT2D eigenvalue weighted by Crippen LogP contribution is -2.41. The van der Waals surface area contributed by atoms with Gasteiger partial charge in [0, 0.05) is 19.8 Å². The quantitative estimate of drug-likeness (QED) is 0.781. The Balaban J connectivity index is 1.83. The van der Waals surface area contributed by atoms with Gasteiger partial charge in [0.2, 0.25) is 5.91 Å². The van der Waals surface area contributed by atoms with Crippen molar-refractivity contribution in [3.63, 3.8) is 0 Å². The average Bonchev–Trinajstić information content (AvgIpc) is 3.08. The van der Waals surface area contributed by atoms with Crippen LogP contribution in [-0.2, 0) is 9.53 Å². The highest BCUT2D eigenvalue weighted by molar-refractivity contribution is 5.88. The molecule has 4 nitrogen and oxygen atoms in total. The topological polar surface area (TPSA) is 62.1 Å². The molecule has 16 heavy (non-hydrogen) atoms. The van der Waals surface area contributed by atoms with Crippen LogP contribution in [0, 0.1) is 22.2 Å². The molecule has 0 radical (unpaired) electrons. The van der Waals surface area contributed by atoms with Crippen molar-refractivity contribution in [1.29, 1.82) is 5.26 Å². The first kappa shape index (κ1) is 11.4. The van der Waals surface area contributed by atoms with Crippen LogP contribution < -0.4 is 5.32 Å². The van der Waals surface area contributed by atoms with E-state index in [9.17, 15) is 4.79 Å². The standard InChI is InChI=1S/C12H18N2O2/c1-11(4-6-16-7-5-11)9-14-10(15)12(8-13)2-3-12/h2-7,9H2,1H3,(H,14,15). The van der Waals surface area contributed by atoms with Crippen molar-refractivity contribution in [2.45, 2.75) is 32.6 Å². The number of nitrogens with one attached hydrogen (secondary N) is 1. The van der Waals surface area contributed by atoms with Gasteiger partial charge in [0.15, 0.2) is 0 Å². The lowest BCUT2D eigenvalue weighted by atomic mass is 9.82. The molecule has 88 valence electrons. The zero-order valence-corrected chi connectivity index (χ0v) is 9.71. The molecule has 1 amide bonds. The fourth-order valence-corrected chi connectivity index (χ4v) is 2.02. The van der Waals surface area contributed by atoms with Gasteiger partial charge in [-0.2, -0.15) is 5.26 Å². The summed E-state index contributed by atoms with van der Waals surface area (Å²) >= 11 is 0. The molecule has 2 aliphatic rings. The molecule has 2 rings (SSSR count). The van der Waals surface area contributed by atoms with E-state index in [-0.39, 0.29) is 11.3 Å². The Kier molecular flexibility index (Phi) is 2.90. The predicted molar refractivity (Wildman–Crippen MR) is 58.4 cm³/mol. The van der Waals surface area contributed by atoms with Crippen molar-refractivity contribution in [3.8, 4) is 6.07 Å². The van der Waals surface area contributed by atoms with Crippen LogP contribution in [0.15, 0.2) is 0 Å². The summed E-state index contributed by atoms with van der Waals surface area (Å²) in [7, 11) is 0. The van der Waals surface area contributed by atoms with E-state index < -0.39 is 5.41 Å². The molecule has 1 heterocycles. The van der Waals surface area contributed by atoms with Crippen LogP contribution in [0.2, 0.25) is 0 Å². The third kappa shape index (κ3) is 2.19. The van der Waals surface area contributed by atoms with E-state index in [1.807, 2.05) is 0 Å². The van der Waals surface area contributed by atoms with E-state index in [4.69, 9.17) is 10.00 Å². The van der Waals surface area contributed by atoms with Gasteiger partial charge in [-0.15, -0.1) is 0 Å². The van der Waals surface area contributed by atoms with Crippen LogP contribution >= 0.6 is 0 Å². The molecule has 1 saturated carbocycles. The van der Waals surface area contributed by atoms with Gasteiger partial charge in [0.1, 0.15) is 5.41 Å². The van der Waals surface area contributed by atoms with Crippen molar-refractivity contribution in [3.05, 3.63) is 0 Å². The first-order valence-electron chi connectivity index (χ1n) is 5.88.